The Morgan fingerprint density at radius 3 is 2.64 bits per heavy atom. The highest BCUT2D eigenvalue weighted by atomic mass is 32.1. The van der Waals surface area contributed by atoms with Gasteiger partial charge < -0.3 is 10.6 Å². The molecule has 0 spiro atoms. The number of rotatable bonds is 8. The fourth-order valence-corrected chi connectivity index (χ4v) is 3.57. The molecule has 0 fully saturated rings. The molecule has 0 saturated heterocycles. The van der Waals surface area contributed by atoms with E-state index in [0.717, 1.165) is 55.6 Å². The minimum atomic E-state index is 0.747. The lowest BCUT2D eigenvalue weighted by molar-refractivity contribution is 0.729. The van der Waals surface area contributed by atoms with E-state index in [2.05, 4.69) is 53.4 Å². The molecule has 0 aromatic carbocycles. The molecule has 0 atom stereocenters. The van der Waals surface area contributed by atoms with Gasteiger partial charge in [-0.2, -0.15) is 5.10 Å². The molecule has 6 nitrogen and oxygen atoms in total. The van der Waals surface area contributed by atoms with Gasteiger partial charge in [-0.25, -0.2) is 4.98 Å². The van der Waals surface area contributed by atoms with Crippen molar-refractivity contribution in [1.82, 2.24) is 25.4 Å². The second kappa shape index (κ2) is 9.56. The first kappa shape index (κ1) is 19.4. The van der Waals surface area contributed by atoms with Crippen molar-refractivity contribution in [3.8, 4) is 0 Å². The highest BCUT2D eigenvalue weighted by Gasteiger charge is 2.09. The lowest BCUT2D eigenvalue weighted by Gasteiger charge is -2.11. The number of aliphatic imine (C=N–C) groups is 1. The summed E-state index contributed by atoms with van der Waals surface area (Å²) in [5.74, 6) is 0.869. The van der Waals surface area contributed by atoms with Crippen molar-refractivity contribution >= 4 is 17.3 Å². The van der Waals surface area contributed by atoms with Crippen LogP contribution in [0, 0.1) is 13.8 Å². The molecule has 0 aliphatic carbocycles. The van der Waals surface area contributed by atoms with E-state index in [0.29, 0.717) is 0 Å². The second-order valence-electron chi connectivity index (χ2n) is 6.03. The van der Waals surface area contributed by atoms with Gasteiger partial charge in [-0.05, 0) is 39.2 Å². The first-order chi connectivity index (χ1) is 12.0. The molecule has 2 rings (SSSR count). The molecule has 2 N–H and O–H groups in total. The summed E-state index contributed by atoms with van der Waals surface area (Å²) in [6.07, 6.45) is 4.87. The molecule has 2 aromatic rings. The monoisotopic (exact) mass is 362 g/mol. The van der Waals surface area contributed by atoms with Crippen LogP contribution in [0.1, 0.15) is 40.7 Å². The number of hydrogen-bond acceptors (Lipinski definition) is 4. The minimum absolute atomic E-state index is 0.747. The smallest absolute Gasteiger partial charge is 0.191 e. The molecule has 2 heterocycles. The Balaban J connectivity index is 1.84. The molecule has 0 amide bonds. The summed E-state index contributed by atoms with van der Waals surface area (Å²) in [6.45, 7) is 10.9. The summed E-state index contributed by atoms with van der Waals surface area (Å²) < 4.78 is 1.95. The van der Waals surface area contributed by atoms with Crippen LogP contribution < -0.4 is 10.6 Å². The first-order valence-corrected chi connectivity index (χ1v) is 9.81. The van der Waals surface area contributed by atoms with E-state index in [1.807, 2.05) is 17.9 Å². The van der Waals surface area contributed by atoms with Gasteiger partial charge in [0.2, 0.25) is 0 Å². The van der Waals surface area contributed by atoms with Crippen molar-refractivity contribution in [3.05, 3.63) is 33.0 Å². The van der Waals surface area contributed by atoms with Crippen LogP contribution in [0.2, 0.25) is 0 Å². The minimum Gasteiger partial charge on any atom is -0.357 e. The molecule has 7 heteroatoms. The van der Waals surface area contributed by atoms with Gasteiger partial charge >= 0.3 is 0 Å². The predicted molar refractivity (Wildman–Crippen MR) is 106 cm³/mol. The SMILES string of the molecule is CCNC(=NCCc1ncc(CC)s1)NCCc1c(C)nn(C)c1C. The van der Waals surface area contributed by atoms with E-state index in [1.54, 1.807) is 11.3 Å². The molecular weight excluding hydrogens is 332 g/mol. The molecule has 0 radical (unpaired) electrons. The van der Waals surface area contributed by atoms with Gasteiger partial charge in [-0.15, -0.1) is 11.3 Å². The Hall–Kier alpha value is -1.89. The molecule has 0 unspecified atom stereocenters. The quantitative estimate of drug-likeness (QED) is 0.559. The zero-order valence-corrected chi connectivity index (χ0v) is 16.8. The Morgan fingerprint density at radius 2 is 2.04 bits per heavy atom. The third-order valence-electron chi connectivity index (χ3n) is 4.22. The van der Waals surface area contributed by atoms with E-state index in [4.69, 9.17) is 0 Å². The van der Waals surface area contributed by atoms with Gasteiger partial charge in [0.25, 0.3) is 0 Å². The zero-order chi connectivity index (χ0) is 18.2. The summed E-state index contributed by atoms with van der Waals surface area (Å²) in [7, 11) is 1.99. The lowest BCUT2D eigenvalue weighted by Crippen LogP contribution is -2.38. The maximum atomic E-state index is 4.67. The Labute approximate surface area is 154 Å². The topological polar surface area (TPSA) is 67.1 Å². The molecule has 2 aromatic heterocycles. The summed E-state index contributed by atoms with van der Waals surface area (Å²) in [6, 6.07) is 0. The van der Waals surface area contributed by atoms with Crippen LogP contribution in [0.25, 0.3) is 0 Å². The van der Waals surface area contributed by atoms with Gasteiger partial charge in [0.1, 0.15) is 0 Å². The average Bonchev–Trinajstić information content (AvgIpc) is 3.14. The van der Waals surface area contributed by atoms with Gasteiger partial charge in [0.15, 0.2) is 5.96 Å². The zero-order valence-electron chi connectivity index (χ0n) is 16.0. The maximum Gasteiger partial charge on any atom is 0.191 e. The predicted octanol–water partition coefficient (Wildman–Crippen LogP) is 2.40. The van der Waals surface area contributed by atoms with Crippen molar-refractivity contribution in [2.75, 3.05) is 19.6 Å². The number of aromatic nitrogens is 3. The number of guanidine groups is 1. The summed E-state index contributed by atoms with van der Waals surface area (Å²) >= 11 is 1.79. The Morgan fingerprint density at radius 1 is 1.24 bits per heavy atom. The summed E-state index contributed by atoms with van der Waals surface area (Å²) in [4.78, 5) is 10.5. The fraction of sp³-hybridized carbons (Fsp3) is 0.611. The number of hydrogen-bond donors (Lipinski definition) is 2. The fourth-order valence-electron chi connectivity index (χ4n) is 2.72. The van der Waals surface area contributed by atoms with Gasteiger partial charge in [0, 0.05) is 49.9 Å². The molecule has 25 heavy (non-hydrogen) atoms. The van der Waals surface area contributed by atoms with E-state index in [9.17, 15) is 0 Å². The van der Waals surface area contributed by atoms with E-state index in [-0.39, 0.29) is 0 Å². The van der Waals surface area contributed by atoms with Crippen molar-refractivity contribution in [2.45, 2.75) is 47.0 Å². The Kier molecular flexibility index (Phi) is 7.43. The third-order valence-corrected chi connectivity index (χ3v) is 5.42. The van der Waals surface area contributed by atoms with Crippen molar-refractivity contribution < 1.29 is 0 Å². The van der Waals surface area contributed by atoms with E-state index in [1.165, 1.54) is 16.1 Å². The van der Waals surface area contributed by atoms with Crippen LogP contribution in [-0.2, 0) is 26.3 Å². The van der Waals surface area contributed by atoms with Gasteiger partial charge in [-0.3, -0.25) is 9.67 Å². The van der Waals surface area contributed by atoms with Crippen molar-refractivity contribution in [3.63, 3.8) is 0 Å². The normalized spacial score (nSPS) is 11.8. The Bertz CT molecular complexity index is 700. The van der Waals surface area contributed by atoms with Crippen LogP contribution >= 0.6 is 11.3 Å². The standard InChI is InChI=1S/C18H30N6S/c1-6-15-12-22-17(25-15)9-11-21-18(19-7-2)20-10-8-16-13(3)23-24(5)14(16)4/h12H,6-11H2,1-5H3,(H2,19,20,21). The van der Waals surface area contributed by atoms with E-state index >= 15 is 0 Å². The van der Waals surface area contributed by atoms with Crippen molar-refractivity contribution in [2.24, 2.45) is 12.0 Å². The highest BCUT2D eigenvalue weighted by Crippen LogP contribution is 2.14. The molecule has 0 saturated carbocycles. The van der Waals surface area contributed by atoms with Gasteiger partial charge in [-0.1, -0.05) is 6.92 Å². The van der Waals surface area contributed by atoms with Crippen LogP contribution in [0.3, 0.4) is 0 Å². The first-order valence-electron chi connectivity index (χ1n) is 8.99. The third kappa shape index (κ3) is 5.56. The van der Waals surface area contributed by atoms with Crippen LogP contribution in [-0.4, -0.2) is 40.4 Å². The van der Waals surface area contributed by atoms with Gasteiger partial charge in [0.05, 0.1) is 10.7 Å². The average molecular weight is 363 g/mol. The summed E-state index contributed by atoms with van der Waals surface area (Å²) in [5.41, 5.74) is 3.66. The van der Waals surface area contributed by atoms with Crippen LogP contribution in [0.4, 0.5) is 0 Å². The molecule has 0 bridgehead atoms. The number of thiazole rings is 1. The molecule has 0 aliphatic heterocycles. The largest absolute Gasteiger partial charge is 0.357 e. The highest BCUT2D eigenvalue weighted by molar-refractivity contribution is 7.11. The van der Waals surface area contributed by atoms with E-state index < -0.39 is 0 Å². The van der Waals surface area contributed by atoms with Crippen molar-refractivity contribution in [1.29, 1.82) is 0 Å². The lowest BCUT2D eigenvalue weighted by atomic mass is 10.1. The number of nitrogens with one attached hydrogen (secondary N) is 2. The number of aryl methyl sites for hydroxylation is 3. The molecular formula is C18H30N6S. The second-order valence-corrected chi connectivity index (χ2v) is 7.23. The molecule has 0 aliphatic rings. The molecule has 138 valence electrons. The van der Waals surface area contributed by atoms with Crippen LogP contribution in [0.15, 0.2) is 11.2 Å². The number of nitrogens with zero attached hydrogens (tertiary/aromatic N) is 4. The van der Waals surface area contributed by atoms with Crippen LogP contribution in [0.5, 0.6) is 0 Å². The summed E-state index contributed by atoms with van der Waals surface area (Å²) in [5, 5.41) is 12.4. The maximum absolute atomic E-state index is 4.67.